The molecule has 9 heteroatoms. The first kappa shape index (κ1) is 20.7. The Hall–Kier alpha value is -3.59. The molecular weight excluding hydrogens is 416 g/mol. The van der Waals surface area contributed by atoms with Crippen LogP contribution in [0.2, 0.25) is 0 Å². The molecule has 0 spiro atoms. The monoisotopic (exact) mass is 436 g/mol. The molecule has 3 heterocycles. The summed E-state index contributed by atoms with van der Waals surface area (Å²) in [6.45, 7) is 5.44. The van der Waals surface area contributed by atoms with Crippen molar-refractivity contribution in [3.05, 3.63) is 77.0 Å². The predicted molar refractivity (Wildman–Crippen MR) is 116 cm³/mol. The number of hydrogen-bond donors (Lipinski definition) is 1. The van der Waals surface area contributed by atoms with Crippen LogP contribution in [0.1, 0.15) is 37.9 Å². The number of benzene rings is 1. The number of amides is 1. The third kappa shape index (κ3) is 4.31. The summed E-state index contributed by atoms with van der Waals surface area (Å²) >= 11 is 1.16. The largest absolute Gasteiger partial charge is 0.469 e. The first-order chi connectivity index (χ1) is 14.9. The Morgan fingerprint density at radius 2 is 1.87 bits per heavy atom. The molecule has 0 fully saturated rings. The minimum atomic E-state index is -0.247. The van der Waals surface area contributed by atoms with E-state index in [1.807, 2.05) is 19.9 Å². The standard InChI is InChI=1S/C22H20N4O4S/c1-13-11-18(14(2)26(13)25-20(28)16-7-5-4-6-8-16)19(27)12-31-22-24-23-21(30-22)17-9-10-29-15(17)3/h4-11H,12H2,1-3H3,(H,25,28). The molecule has 0 aliphatic heterocycles. The van der Waals surface area contributed by atoms with Gasteiger partial charge in [0.05, 0.1) is 17.6 Å². The summed E-state index contributed by atoms with van der Waals surface area (Å²) in [6.07, 6.45) is 1.55. The number of nitrogens with zero attached hydrogens (tertiary/aromatic N) is 3. The van der Waals surface area contributed by atoms with E-state index in [4.69, 9.17) is 8.83 Å². The normalized spacial score (nSPS) is 10.9. The summed E-state index contributed by atoms with van der Waals surface area (Å²) in [5.41, 5.74) is 6.05. The van der Waals surface area contributed by atoms with E-state index in [2.05, 4.69) is 15.6 Å². The Balaban J connectivity index is 1.44. The van der Waals surface area contributed by atoms with Crippen molar-refractivity contribution in [3.8, 4) is 11.5 Å². The molecule has 1 N–H and O–H groups in total. The number of Topliss-reactive ketones (excluding diaryl/α,β-unsaturated/α-hetero) is 1. The van der Waals surface area contributed by atoms with E-state index in [1.165, 1.54) is 0 Å². The fourth-order valence-corrected chi connectivity index (χ4v) is 3.81. The van der Waals surface area contributed by atoms with Crippen LogP contribution >= 0.6 is 11.8 Å². The first-order valence-corrected chi connectivity index (χ1v) is 10.5. The van der Waals surface area contributed by atoms with Gasteiger partial charge in [0.2, 0.25) is 0 Å². The zero-order chi connectivity index (χ0) is 22.0. The van der Waals surface area contributed by atoms with Crippen LogP contribution in [0, 0.1) is 20.8 Å². The summed E-state index contributed by atoms with van der Waals surface area (Å²) in [7, 11) is 0. The molecule has 0 aliphatic rings. The Labute approximate surface area is 182 Å². The fourth-order valence-electron chi connectivity index (χ4n) is 3.16. The number of aryl methyl sites for hydroxylation is 2. The molecule has 4 aromatic rings. The maximum Gasteiger partial charge on any atom is 0.277 e. The van der Waals surface area contributed by atoms with E-state index in [0.29, 0.717) is 33.7 Å². The van der Waals surface area contributed by atoms with E-state index in [9.17, 15) is 9.59 Å². The molecule has 0 unspecified atom stereocenters. The number of carbonyl (C=O) groups is 2. The van der Waals surface area contributed by atoms with Crippen LogP contribution in [-0.2, 0) is 0 Å². The van der Waals surface area contributed by atoms with Gasteiger partial charge in [-0.2, -0.15) is 0 Å². The van der Waals surface area contributed by atoms with E-state index in [-0.39, 0.29) is 17.4 Å². The van der Waals surface area contributed by atoms with Crippen molar-refractivity contribution in [1.29, 1.82) is 0 Å². The van der Waals surface area contributed by atoms with Gasteiger partial charge in [0.15, 0.2) is 5.78 Å². The SMILES string of the molecule is Cc1occc1-c1nnc(SCC(=O)c2cc(C)n(NC(=O)c3ccccc3)c2C)o1. The van der Waals surface area contributed by atoms with Crippen molar-refractivity contribution >= 4 is 23.5 Å². The van der Waals surface area contributed by atoms with E-state index < -0.39 is 0 Å². The van der Waals surface area contributed by atoms with Gasteiger partial charge in [-0.05, 0) is 45.0 Å². The highest BCUT2D eigenvalue weighted by atomic mass is 32.2. The van der Waals surface area contributed by atoms with Crippen molar-refractivity contribution in [2.24, 2.45) is 0 Å². The average Bonchev–Trinajstić information content (AvgIpc) is 3.48. The summed E-state index contributed by atoms with van der Waals surface area (Å²) in [5, 5.41) is 8.30. The van der Waals surface area contributed by atoms with Crippen molar-refractivity contribution in [3.63, 3.8) is 0 Å². The van der Waals surface area contributed by atoms with Gasteiger partial charge in [-0.15, -0.1) is 10.2 Å². The zero-order valence-electron chi connectivity index (χ0n) is 17.2. The minimum Gasteiger partial charge on any atom is -0.469 e. The van der Waals surface area contributed by atoms with Crippen molar-refractivity contribution < 1.29 is 18.4 Å². The quantitative estimate of drug-likeness (QED) is 0.338. The highest BCUT2D eigenvalue weighted by molar-refractivity contribution is 7.99. The summed E-state index contributed by atoms with van der Waals surface area (Å²) < 4.78 is 12.5. The van der Waals surface area contributed by atoms with Crippen LogP contribution in [0.5, 0.6) is 0 Å². The summed E-state index contributed by atoms with van der Waals surface area (Å²) in [6, 6.07) is 12.4. The lowest BCUT2D eigenvalue weighted by molar-refractivity contribution is 0.0999. The molecule has 0 aliphatic carbocycles. The van der Waals surface area contributed by atoms with Gasteiger partial charge in [0.1, 0.15) is 5.76 Å². The minimum absolute atomic E-state index is 0.0995. The smallest absolute Gasteiger partial charge is 0.277 e. The molecule has 0 radical (unpaired) electrons. The van der Waals surface area contributed by atoms with E-state index >= 15 is 0 Å². The number of carbonyl (C=O) groups excluding carboxylic acids is 2. The molecule has 1 aromatic carbocycles. The number of hydrogen-bond acceptors (Lipinski definition) is 7. The maximum absolute atomic E-state index is 12.8. The lowest BCUT2D eigenvalue weighted by atomic mass is 10.2. The van der Waals surface area contributed by atoms with E-state index in [0.717, 1.165) is 23.0 Å². The van der Waals surface area contributed by atoms with Gasteiger partial charge in [-0.1, -0.05) is 30.0 Å². The van der Waals surface area contributed by atoms with Crippen LogP contribution in [0.25, 0.3) is 11.5 Å². The van der Waals surface area contributed by atoms with Crippen LogP contribution < -0.4 is 5.43 Å². The number of rotatable bonds is 7. The number of furan rings is 1. The maximum atomic E-state index is 12.8. The van der Waals surface area contributed by atoms with Gasteiger partial charge in [0, 0.05) is 22.5 Å². The van der Waals surface area contributed by atoms with Crippen molar-refractivity contribution in [1.82, 2.24) is 14.9 Å². The van der Waals surface area contributed by atoms with E-state index in [1.54, 1.807) is 54.3 Å². The molecule has 4 rings (SSSR count). The Morgan fingerprint density at radius 3 is 2.58 bits per heavy atom. The van der Waals surface area contributed by atoms with Crippen LogP contribution in [0.3, 0.4) is 0 Å². The molecule has 31 heavy (non-hydrogen) atoms. The third-order valence-electron chi connectivity index (χ3n) is 4.80. The second-order valence-corrected chi connectivity index (χ2v) is 7.83. The highest BCUT2D eigenvalue weighted by Gasteiger charge is 2.19. The molecule has 8 nitrogen and oxygen atoms in total. The first-order valence-electron chi connectivity index (χ1n) is 9.53. The van der Waals surface area contributed by atoms with Crippen molar-refractivity contribution in [2.75, 3.05) is 11.2 Å². The highest BCUT2D eigenvalue weighted by Crippen LogP contribution is 2.27. The number of ketones is 1. The molecule has 0 saturated carbocycles. The predicted octanol–water partition coefficient (Wildman–Crippen LogP) is 4.42. The van der Waals surface area contributed by atoms with Crippen LogP contribution in [0.4, 0.5) is 0 Å². The Bertz CT molecular complexity index is 1240. The molecule has 0 atom stereocenters. The average molecular weight is 436 g/mol. The third-order valence-corrected chi connectivity index (χ3v) is 5.62. The van der Waals surface area contributed by atoms with Crippen LogP contribution in [-0.4, -0.2) is 32.3 Å². The van der Waals surface area contributed by atoms with Crippen molar-refractivity contribution in [2.45, 2.75) is 26.0 Å². The lowest BCUT2D eigenvalue weighted by Crippen LogP contribution is -2.25. The van der Waals surface area contributed by atoms with Gasteiger partial charge in [-0.25, -0.2) is 0 Å². The fraction of sp³-hybridized carbons (Fsp3) is 0.182. The lowest BCUT2D eigenvalue weighted by Gasteiger charge is -2.11. The number of nitrogens with one attached hydrogen (secondary N) is 1. The summed E-state index contributed by atoms with van der Waals surface area (Å²) in [4.78, 5) is 25.3. The summed E-state index contributed by atoms with van der Waals surface area (Å²) in [5.74, 6) is 0.814. The second-order valence-electron chi connectivity index (χ2n) is 6.90. The van der Waals surface area contributed by atoms with Gasteiger partial charge < -0.3 is 8.83 Å². The van der Waals surface area contributed by atoms with Gasteiger partial charge in [0.25, 0.3) is 17.0 Å². The number of thioether (sulfide) groups is 1. The van der Waals surface area contributed by atoms with Crippen LogP contribution in [0.15, 0.2) is 62.8 Å². The molecule has 0 saturated heterocycles. The Morgan fingerprint density at radius 1 is 1.10 bits per heavy atom. The molecule has 0 bridgehead atoms. The topological polar surface area (TPSA) is 103 Å². The molecular formula is C22H20N4O4S. The second kappa shape index (κ2) is 8.65. The van der Waals surface area contributed by atoms with Gasteiger partial charge >= 0.3 is 0 Å². The number of aromatic nitrogens is 3. The molecule has 3 aromatic heterocycles. The molecule has 1 amide bonds. The van der Waals surface area contributed by atoms with Gasteiger partial charge in [-0.3, -0.25) is 19.7 Å². The molecule has 158 valence electrons. The Kier molecular flexibility index (Phi) is 5.77. The zero-order valence-corrected chi connectivity index (χ0v) is 18.0.